The van der Waals surface area contributed by atoms with Gasteiger partial charge in [0.2, 0.25) is 5.91 Å². The van der Waals surface area contributed by atoms with Crippen LogP contribution in [0.4, 0.5) is 5.69 Å². The SMILES string of the molecule is NC(N)=NCCCCCc1ccc2c(c1)C(=O)N(CCC(=O)O)CC(=O)N2Cc1cccc(Oc2ccccc2)c1. The number of guanidine groups is 1. The van der Waals surface area contributed by atoms with Crippen LogP contribution in [0.1, 0.15) is 47.2 Å². The normalized spacial score (nSPS) is 13.0. The highest BCUT2D eigenvalue weighted by Crippen LogP contribution is 2.30. The van der Waals surface area contributed by atoms with Crippen LogP contribution in [0.3, 0.4) is 0 Å². The minimum atomic E-state index is -1.03. The molecule has 10 heteroatoms. The average Bonchev–Trinajstić information content (AvgIpc) is 3.04. The molecule has 3 aromatic carbocycles. The molecule has 0 fully saturated rings. The van der Waals surface area contributed by atoms with Crippen LogP contribution in [0.15, 0.2) is 77.8 Å². The predicted molar refractivity (Wildman–Crippen MR) is 157 cm³/mol. The molecule has 2 amide bonds. The number of nitrogens with two attached hydrogens (primary N) is 2. The maximum absolute atomic E-state index is 13.6. The van der Waals surface area contributed by atoms with Crippen molar-refractivity contribution < 1.29 is 24.2 Å². The van der Waals surface area contributed by atoms with Crippen LogP contribution in [0.25, 0.3) is 0 Å². The van der Waals surface area contributed by atoms with E-state index in [0.29, 0.717) is 29.3 Å². The van der Waals surface area contributed by atoms with Crippen LogP contribution in [-0.2, 0) is 22.6 Å². The first-order valence-electron chi connectivity index (χ1n) is 13.6. The predicted octanol–water partition coefficient (Wildman–Crippen LogP) is 3.93. The van der Waals surface area contributed by atoms with Gasteiger partial charge in [-0.2, -0.15) is 0 Å². The second-order valence-corrected chi connectivity index (χ2v) is 9.88. The van der Waals surface area contributed by atoms with E-state index in [1.807, 2.05) is 72.8 Å². The van der Waals surface area contributed by atoms with Crippen LogP contribution in [0.5, 0.6) is 11.5 Å². The van der Waals surface area contributed by atoms with E-state index in [-0.39, 0.29) is 43.8 Å². The number of carbonyl (C=O) groups is 3. The van der Waals surface area contributed by atoms with Gasteiger partial charge in [0.15, 0.2) is 5.96 Å². The van der Waals surface area contributed by atoms with Gasteiger partial charge in [0.1, 0.15) is 18.0 Å². The molecule has 10 nitrogen and oxygen atoms in total. The topological polar surface area (TPSA) is 152 Å². The summed E-state index contributed by atoms with van der Waals surface area (Å²) in [7, 11) is 0. The standard InChI is InChI=1S/C31H35N5O5/c32-31(33)34-16-6-2-3-8-22-13-14-27-26(19-22)30(40)35(17-15-29(38)39)21-28(37)36(27)20-23-9-7-12-25(18-23)41-24-10-4-1-5-11-24/h1,4-5,7,9-14,18-19H,2-3,6,8,15-17,20-21H2,(H,38,39)(H4,32,33,34). The van der Waals surface area contributed by atoms with Crippen molar-refractivity contribution in [1.29, 1.82) is 0 Å². The number of hydrogen-bond donors (Lipinski definition) is 3. The number of carbonyl (C=O) groups excluding carboxylic acids is 2. The minimum Gasteiger partial charge on any atom is -0.481 e. The lowest BCUT2D eigenvalue weighted by molar-refractivity contribution is -0.137. The number of carboxylic acids is 1. The van der Waals surface area contributed by atoms with Gasteiger partial charge in [0, 0.05) is 13.1 Å². The summed E-state index contributed by atoms with van der Waals surface area (Å²) in [6.45, 7) is 0.532. The fourth-order valence-electron chi connectivity index (χ4n) is 4.70. The summed E-state index contributed by atoms with van der Waals surface area (Å²) in [5.74, 6) is -0.264. The summed E-state index contributed by atoms with van der Waals surface area (Å²) in [5, 5.41) is 9.21. The van der Waals surface area contributed by atoms with E-state index >= 15 is 0 Å². The third kappa shape index (κ3) is 8.31. The smallest absolute Gasteiger partial charge is 0.305 e. The van der Waals surface area contributed by atoms with Gasteiger partial charge < -0.3 is 31.1 Å². The molecule has 1 aliphatic rings. The first-order valence-corrected chi connectivity index (χ1v) is 13.6. The zero-order valence-electron chi connectivity index (χ0n) is 22.9. The second-order valence-electron chi connectivity index (χ2n) is 9.88. The number of benzene rings is 3. The van der Waals surface area contributed by atoms with Crippen molar-refractivity contribution >= 4 is 29.4 Å². The molecule has 214 valence electrons. The molecule has 0 saturated heterocycles. The molecule has 0 aromatic heterocycles. The number of para-hydroxylation sites is 1. The number of carboxylic acid groups (broad SMARTS) is 1. The second kappa shape index (κ2) is 14.0. The summed E-state index contributed by atoms with van der Waals surface area (Å²) in [6.07, 6.45) is 3.14. The molecule has 0 saturated carbocycles. The molecule has 0 bridgehead atoms. The highest BCUT2D eigenvalue weighted by Gasteiger charge is 2.32. The third-order valence-electron chi connectivity index (χ3n) is 6.73. The van der Waals surface area contributed by atoms with Gasteiger partial charge in [0.05, 0.1) is 24.2 Å². The van der Waals surface area contributed by atoms with Gasteiger partial charge in [-0.25, -0.2) is 0 Å². The summed E-state index contributed by atoms with van der Waals surface area (Å²) < 4.78 is 5.97. The van der Waals surface area contributed by atoms with Crippen molar-refractivity contribution in [3.63, 3.8) is 0 Å². The molecule has 0 spiro atoms. The number of aliphatic imine (C=N–C) groups is 1. The fraction of sp³-hybridized carbons (Fsp3) is 0.290. The number of rotatable bonds is 13. The van der Waals surface area contributed by atoms with Crippen LogP contribution >= 0.6 is 0 Å². The van der Waals surface area contributed by atoms with Gasteiger partial charge in [0.25, 0.3) is 5.91 Å². The molecule has 1 heterocycles. The average molecular weight is 558 g/mol. The van der Waals surface area contributed by atoms with Crippen molar-refractivity contribution in [3.8, 4) is 11.5 Å². The van der Waals surface area contributed by atoms with Gasteiger partial charge in [-0.1, -0.05) is 42.8 Å². The lowest BCUT2D eigenvalue weighted by Crippen LogP contribution is -2.40. The van der Waals surface area contributed by atoms with Crippen molar-refractivity contribution in [2.75, 3.05) is 24.5 Å². The first kappa shape index (κ1) is 29.1. The summed E-state index contributed by atoms with van der Waals surface area (Å²) in [6, 6.07) is 22.4. The fourth-order valence-corrected chi connectivity index (χ4v) is 4.70. The Morgan fingerprint density at radius 3 is 2.44 bits per heavy atom. The van der Waals surface area contributed by atoms with E-state index in [1.54, 1.807) is 4.90 Å². The molecule has 4 rings (SSSR count). The zero-order valence-corrected chi connectivity index (χ0v) is 22.9. The number of anilines is 1. The third-order valence-corrected chi connectivity index (χ3v) is 6.73. The maximum Gasteiger partial charge on any atom is 0.305 e. The van der Waals surface area contributed by atoms with Gasteiger partial charge in [-0.3, -0.25) is 19.4 Å². The Bertz CT molecular complexity index is 1410. The summed E-state index contributed by atoms with van der Waals surface area (Å²) in [5.41, 5.74) is 13.4. The van der Waals surface area contributed by atoms with Crippen LogP contribution in [0.2, 0.25) is 0 Å². The van der Waals surface area contributed by atoms with Gasteiger partial charge in [-0.15, -0.1) is 0 Å². The monoisotopic (exact) mass is 557 g/mol. The van der Waals surface area contributed by atoms with Crippen molar-refractivity contribution in [2.45, 2.75) is 38.6 Å². The molecule has 1 aliphatic heterocycles. The molecule has 3 aromatic rings. The van der Waals surface area contributed by atoms with E-state index in [0.717, 1.165) is 36.8 Å². The van der Waals surface area contributed by atoms with Crippen molar-refractivity contribution in [2.24, 2.45) is 16.5 Å². The van der Waals surface area contributed by atoms with E-state index in [9.17, 15) is 19.5 Å². The Kier molecular flexibility index (Phi) is 9.93. The Labute approximate surface area is 239 Å². The van der Waals surface area contributed by atoms with Crippen LogP contribution < -0.4 is 21.1 Å². The van der Waals surface area contributed by atoms with Crippen LogP contribution in [-0.4, -0.2) is 53.4 Å². The quantitative estimate of drug-likeness (QED) is 0.164. The molecule has 0 radical (unpaired) electrons. The van der Waals surface area contributed by atoms with E-state index in [4.69, 9.17) is 16.2 Å². The number of unbranched alkanes of at least 4 members (excludes halogenated alkanes) is 2. The van der Waals surface area contributed by atoms with E-state index < -0.39 is 5.97 Å². The Balaban J connectivity index is 1.56. The lowest BCUT2D eigenvalue weighted by Gasteiger charge is -2.23. The number of nitrogens with zero attached hydrogens (tertiary/aromatic N) is 3. The molecule has 0 atom stereocenters. The number of aryl methyl sites for hydroxylation is 1. The highest BCUT2D eigenvalue weighted by molar-refractivity contribution is 6.09. The summed E-state index contributed by atoms with van der Waals surface area (Å²) >= 11 is 0. The maximum atomic E-state index is 13.6. The van der Waals surface area contributed by atoms with E-state index in [2.05, 4.69) is 4.99 Å². The number of amides is 2. The van der Waals surface area contributed by atoms with Gasteiger partial charge >= 0.3 is 5.97 Å². The molecule has 5 N–H and O–H groups in total. The number of ether oxygens (including phenoxy) is 1. The van der Waals surface area contributed by atoms with E-state index in [1.165, 1.54) is 4.90 Å². The summed E-state index contributed by atoms with van der Waals surface area (Å²) in [4.78, 5) is 45.2. The number of hydrogen-bond acceptors (Lipinski definition) is 5. The molecular weight excluding hydrogens is 522 g/mol. The van der Waals surface area contributed by atoms with Crippen LogP contribution in [0, 0.1) is 0 Å². The van der Waals surface area contributed by atoms with Gasteiger partial charge in [-0.05, 0) is 66.8 Å². The molecule has 0 aliphatic carbocycles. The first-order chi connectivity index (χ1) is 19.8. The molecular formula is C31H35N5O5. The Morgan fingerprint density at radius 2 is 1.68 bits per heavy atom. The number of fused-ring (bicyclic) bond motifs is 1. The van der Waals surface area contributed by atoms with Crippen molar-refractivity contribution in [1.82, 2.24) is 4.90 Å². The Hall–Kier alpha value is -4.86. The van der Waals surface area contributed by atoms with Crippen molar-refractivity contribution in [3.05, 3.63) is 89.5 Å². The highest BCUT2D eigenvalue weighted by atomic mass is 16.5. The Morgan fingerprint density at radius 1 is 0.902 bits per heavy atom. The largest absolute Gasteiger partial charge is 0.481 e. The molecule has 41 heavy (non-hydrogen) atoms. The number of aliphatic carboxylic acids is 1. The lowest BCUT2D eigenvalue weighted by atomic mass is 10.0. The minimum absolute atomic E-state index is 0.0530. The molecule has 0 unspecified atom stereocenters. The zero-order chi connectivity index (χ0) is 29.2.